The fraction of sp³-hybridized carbons (Fsp3) is 0.300. The number of Topliss-reactive ketones (excluding diaryl/α,β-unsaturated/α-hetero) is 1. The highest BCUT2D eigenvalue weighted by Gasteiger charge is 2.50. The highest BCUT2D eigenvalue weighted by atomic mass is 16.5. The van der Waals surface area contributed by atoms with E-state index in [2.05, 4.69) is 11.3 Å². The summed E-state index contributed by atoms with van der Waals surface area (Å²) in [5, 5.41) is 11.4. The van der Waals surface area contributed by atoms with Crippen LogP contribution in [0.3, 0.4) is 0 Å². The van der Waals surface area contributed by atoms with Crippen molar-refractivity contribution in [3.63, 3.8) is 0 Å². The van der Waals surface area contributed by atoms with Gasteiger partial charge in [0.2, 0.25) is 0 Å². The Labute approximate surface area is 142 Å². The molecule has 0 heterocycles. The molecule has 0 spiro atoms. The van der Waals surface area contributed by atoms with Gasteiger partial charge in [0.05, 0.1) is 7.11 Å². The topological polar surface area (TPSA) is 63.6 Å². The van der Waals surface area contributed by atoms with Gasteiger partial charge in [0.1, 0.15) is 5.60 Å². The Morgan fingerprint density at radius 1 is 1.38 bits per heavy atom. The molecule has 0 aliphatic heterocycles. The predicted molar refractivity (Wildman–Crippen MR) is 92.5 cm³/mol. The van der Waals surface area contributed by atoms with Gasteiger partial charge in [-0.2, -0.15) is 0 Å². The number of hydrogen-bond donors (Lipinski definition) is 1. The van der Waals surface area contributed by atoms with Crippen LogP contribution >= 0.6 is 0 Å². The zero-order valence-electron chi connectivity index (χ0n) is 14.2. The molecule has 2 unspecified atom stereocenters. The summed E-state index contributed by atoms with van der Waals surface area (Å²) in [6, 6.07) is 7.03. The van der Waals surface area contributed by atoms with E-state index in [4.69, 9.17) is 0 Å². The molecule has 0 aromatic heterocycles. The van der Waals surface area contributed by atoms with E-state index in [1.807, 2.05) is 0 Å². The molecule has 0 radical (unpaired) electrons. The number of esters is 1. The second-order valence-corrected chi connectivity index (χ2v) is 6.28. The minimum Gasteiger partial charge on any atom is -0.466 e. The van der Waals surface area contributed by atoms with Gasteiger partial charge in [-0.3, -0.25) is 4.79 Å². The number of rotatable bonds is 4. The molecule has 1 N–H and O–H groups in total. The first kappa shape index (κ1) is 17.9. The SMILES string of the molecule is C=CC1(C)CC(=O)c2ccccc2C1(O)/C=C/C(C)=C/C(=O)OC. The van der Waals surface area contributed by atoms with Gasteiger partial charge in [-0.05, 0) is 24.1 Å². The van der Waals surface area contributed by atoms with Gasteiger partial charge in [0.15, 0.2) is 5.78 Å². The molecule has 1 aromatic carbocycles. The zero-order chi connectivity index (χ0) is 18.0. The van der Waals surface area contributed by atoms with Crippen molar-refractivity contribution in [2.24, 2.45) is 5.41 Å². The van der Waals surface area contributed by atoms with Gasteiger partial charge in [-0.1, -0.05) is 43.3 Å². The summed E-state index contributed by atoms with van der Waals surface area (Å²) in [6.45, 7) is 7.35. The van der Waals surface area contributed by atoms with Crippen LogP contribution in [0.2, 0.25) is 0 Å². The Morgan fingerprint density at radius 3 is 2.67 bits per heavy atom. The highest BCUT2D eigenvalue weighted by Crippen LogP contribution is 2.50. The van der Waals surface area contributed by atoms with Crippen LogP contribution in [0.15, 0.2) is 60.7 Å². The van der Waals surface area contributed by atoms with Crippen LogP contribution in [0.4, 0.5) is 0 Å². The van der Waals surface area contributed by atoms with E-state index >= 15 is 0 Å². The number of carbonyl (C=O) groups is 2. The van der Waals surface area contributed by atoms with Crippen LogP contribution in [-0.4, -0.2) is 24.0 Å². The fourth-order valence-electron chi connectivity index (χ4n) is 2.98. The Bertz CT molecular complexity index is 744. The summed E-state index contributed by atoms with van der Waals surface area (Å²) in [7, 11) is 1.31. The van der Waals surface area contributed by atoms with Gasteiger partial charge in [-0.15, -0.1) is 6.58 Å². The minimum absolute atomic E-state index is 0.0205. The van der Waals surface area contributed by atoms with Crippen LogP contribution in [0.5, 0.6) is 0 Å². The van der Waals surface area contributed by atoms with Crippen molar-refractivity contribution in [1.29, 1.82) is 0 Å². The number of methoxy groups -OCH3 is 1. The Hall–Kier alpha value is -2.46. The van der Waals surface area contributed by atoms with E-state index in [0.717, 1.165) is 0 Å². The molecule has 0 saturated carbocycles. The van der Waals surface area contributed by atoms with Crippen LogP contribution < -0.4 is 0 Å². The van der Waals surface area contributed by atoms with E-state index < -0.39 is 17.0 Å². The average Bonchev–Trinajstić information content (AvgIpc) is 2.58. The molecule has 0 amide bonds. The molecular weight excluding hydrogens is 304 g/mol. The third kappa shape index (κ3) is 2.97. The van der Waals surface area contributed by atoms with Crippen molar-refractivity contribution in [3.05, 3.63) is 71.8 Å². The molecular formula is C20H22O4. The Balaban J connectivity index is 2.56. The molecule has 126 valence electrons. The first-order valence-electron chi connectivity index (χ1n) is 7.71. The Morgan fingerprint density at radius 2 is 2.04 bits per heavy atom. The van der Waals surface area contributed by atoms with Crippen molar-refractivity contribution in [2.75, 3.05) is 7.11 Å². The summed E-state index contributed by atoms with van der Waals surface area (Å²) in [4.78, 5) is 23.7. The highest BCUT2D eigenvalue weighted by molar-refractivity contribution is 6.00. The van der Waals surface area contributed by atoms with Gasteiger partial charge in [-0.25, -0.2) is 4.79 Å². The van der Waals surface area contributed by atoms with E-state index in [9.17, 15) is 14.7 Å². The minimum atomic E-state index is -1.40. The summed E-state index contributed by atoms with van der Waals surface area (Å²) in [5.41, 5.74) is -0.550. The standard InChI is InChI=1S/C20H22O4/c1-5-19(3)13-17(21)15-8-6-7-9-16(15)20(19,23)11-10-14(2)12-18(22)24-4/h5-12,23H,1,13H2,2-4H3/b11-10+,14-12+. The third-order valence-electron chi connectivity index (χ3n) is 4.62. The average molecular weight is 326 g/mol. The van der Waals surface area contributed by atoms with Gasteiger partial charge >= 0.3 is 5.97 Å². The normalized spacial score (nSPS) is 27.0. The summed E-state index contributed by atoms with van der Waals surface area (Å²) < 4.78 is 4.60. The molecule has 0 fully saturated rings. The number of aliphatic hydroxyl groups is 1. The molecule has 0 bridgehead atoms. The van der Waals surface area contributed by atoms with Crippen molar-refractivity contribution in [2.45, 2.75) is 25.9 Å². The number of allylic oxidation sites excluding steroid dienone is 2. The molecule has 4 nitrogen and oxygen atoms in total. The smallest absolute Gasteiger partial charge is 0.330 e. The summed E-state index contributed by atoms with van der Waals surface area (Å²) >= 11 is 0. The first-order valence-corrected chi connectivity index (χ1v) is 7.71. The van der Waals surface area contributed by atoms with Gasteiger partial charge in [0, 0.05) is 23.5 Å². The number of ketones is 1. The van der Waals surface area contributed by atoms with E-state index in [1.165, 1.54) is 13.2 Å². The molecule has 1 aliphatic carbocycles. The number of fused-ring (bicyclic) bond motifs is 1. The lowest BCUT2D eigenvalue weighted by Gasteiger charge is -2.45. The second-order valence-electron chi connectivity index (χ2n) is 6.28. The van der Waals surface area contributed by atoms with E-state index in [1.54, 1.807) is 56.3 Å². The van der Waals surface area contributed by atoms with Gasteiger partial charge < -0.3 is 9.84 Å². The van der Waals surface area contributed by atoms with Crippen molar-refractivity contribution in [3.8, 4) is 0 Å². The quantitative estimate of drug-likeness (QED) is 0.399. The number of benzene rings is 1. The maximum atomic E-state index is 12.4. The van der Waals surface area contributed by atoms with Crippen molar-refractivity contribution >= 4 is 11.8 Å². The maximum Gasteiger partial charge on any atom is 0.330 e. The second kappa shape index (κ2) is 6.57. The van der Waals surface area contributed by atoms with Crippen molar-refractivity contribution in [1.82, 2.24) is 0 Å². The molecule has 24 heavy (non-hydrogen) atoms. The monoisotopic (exact) mass is 326 g/mol. The van der Waals surface area contributed by atoms with Crippen LogP contribution in [0.1, 0.15) is 36.2 Å². The largest absolute Gasteiger partial charge is 0.466 e. The molecule has 4 heteroatoms. The maximum absolute atomic E-state index is 12.4. The number of ether oxygens (including phenoxy) is 1. The lowest BCUT2D eigenvalue weighted by atomic mass is 9.61. The summed E-state index contributed by atoms with van der Waals surface area (Å²) in [6.07, 6.45) is 6.39. The van der Waals surface area contributed by atoms with E-state index in [0.29, 0.717) is 16.7 Å². The van der Waals surface area contributed by atoms with E-state index in [-0.39, 0.29) is 12.2 Å². The summed E-state index contributed by atoms with van der Waals surface area (Å²) in [5.74, 6) is -0.484. The molecule has 2 rings (SSSR count). The third-order valence-corrected chi connectivity index (χ3v) is 4.62. The van der Waals surface area contributed by atoms with Crippen LogP contribution in [0, 0.1) is 5.41 Å². The molecule has 1 aliphatic rings. The molecule has 1 aromatic rings. The zero-order valence-corrected chi connectivity index (χ0v) is 14.2. The molecule has 0 saturated heterocycles. The fourth-order valence-corrected chi connectivity index (χ4v) is 2.98. The van der Waals surface area contributed by atoms with Crippen LogP contribution in [0.25, 0.3) is 0 Å². The van der Waals surface area contributed by atoms with Gasteiger partial charge in [0.25, 0.3) is 0 Å². The van der Waals surface area contributed by atoms with Crippen molar-refractivity contribution < 1.29 is 19.4 Å². The predicted octanol–water partition coefficient (Wildman–Crippen LogP) is 3.33. The molecule has 2 atom stereocenters. The Kier molecular flexibility index (Phi) is 4.90. The first-order chi connectivity index (χ1) is 11.3. The lowest BCUT2D eigenvalue weighted by molar-refractivity contribution is -0.134. The lowest BCUT2D eigenvalue weighted by Crippen LogP contribution is -2.47. The number of carbonyl (C=O) groups excluding carboxylic acids is 2. The van der Waals surface area contributed by atoms with Crippen LogP contribution in [-0.2, 0) is 15.1 Å². The number of hydrogen-bond acceptors (Lipinski definition) is 4.